The Morgan fingerprint density at radius 3 is 1.68 bits per heavy atom. The first-order chi connectivity index (χ1) is 10.5. The minimum absolute atomic E-state index is 0.561. The molecule has 0 fully saturated rings. The third-order valence-electron chi connectivity index (χ3n) is 3.79. The Balaban J connectivity index is 3.24. The molecule has 1 rings (SSSR count). The molecule has 0 amide bonds. The average molecular weight is 347 g/mol. The van der Waals surface area contributed by atoms with Gasteiger partial charge in [-0.25, -0.2) is 0 Å². The van der Waals surface area contributed by atoms with Crippen molar-refractivity contribution in [2.24, 2.45) is 0 Å². The fraction of sp³-hybridized carbons (Fsp3) is 0.571. The van der Waals surface area contributed by atoms with E-state index in [1.165, 1.54) is 0 Å². The van der Waals surface area contributed by atoms with E-state index < -0.39 is 17.6 Å². The Bertz CT molecular complexity index is 458. The number of hydrogen-bond donors (Lipinski definition) is 0. The molecular formula is C14H26O6Si2. The van der Waals surface area contributed by atoms with E-state index in [2.05, 4.69) is 0 Å². The highest BCUT2D eigenvalue weighted by Crippen LogP contribution is 2.17. The molecule has 0 atom stereocenters. The van der Waals surface area contributed by atoms with Crippen LogP contribution in [0.5, 0.6) is 0 Å². The van der Waals surface area contributed by atoms with Gasteiger partial charge >= 0.3 is 17.6 Å². The Hall–Kier alpha value is -0.586. The lowest BCUT2D eigenvalue weighted by atomic mass is 10.2. The fourth-order valence-corrected chi connectivity index (χ4v) is 6.15. The quantitative estimate of drug-likeness (QED) is 0.623. The highest BCUT2D eigenvalue weighted by atomic mass is 28.4. The summed E-state index contributed by atoms with van der Waals surface area (Å²) >= 11 is 0. The summed E-state index contributed by atoms with van der Waals surface area (Å²) in [5.74, 6) is 0. The summed E-state index contributed by atoms with van der Waals surface area (Å²) in [6, 6.07) is 6.63. The first-order valence-corrected chi connectivity index (χ1v) is 10.5. The Kier molecular flexibility index (Phi) is 7.36. The van der Waals surface area contributed by atoms with E-state index in [0.29, 0.717) is 6.04 Å². The van der Waals surface area contributed by atoms with Gasteiger partial charge in [-0.3, -0.25) is 0 Å². The van der Waals surface area contributed by atoms with Crippen LogP contribution in [0.4, 0.5) is 0 Å². The molecule has 0 heterocycles. The van der Waals surface area contributed by atoms with E-state index in [9.17, 15) is 0 Å². The molecule has 0 aliphatic rings. The van der Waals surface area contributed by atoms with Crippen molar-refractivity contribution in [3.63, 3.8) is 0 Å². The molecule has 0 radical (unpaired) electrons. The molecule has 126 valence electrons. The normalized spacial score (nSPS) is 12.7. The maximum Gasteiger partial charge on any atom is 0.536 e. The summed E-state index contributed by atoms with van der Waals surface area (Å²) in [6.45, 7) is 2.01. The number of rotatable bonds is 9. The van der Waals surface area contributed by atoms with Crippen LogP contribution in [0.15, 0.2) is 18.2 Å². The van der Waals surface area contributed by atoms with Gasteiger partial charge in [-0.1, -0.05) is 18.2 Å². The minimum atomic E-state index is -2.88. The fourth-order valence-electron chi connectivity index (χ4n) is 2.41. The first kappa shape index (κ1) is 19.5. The standard InChI is InChI=1S/C14H26O6Si2/c1-12-8-9-13(11-21(15-2,16-3)17-4)10-14(12)22(18-5,19-6)20-7/h8-10H,11H2,1-7H3. The van der Waals surface area contributed by atoms with E-state index in [1.807, 2.05) is 25.1 Å². The van der Waals surface area contributed by atoms with Gasteiger partial charge in [0.1, 0.15) is 0 Å². The molecule has 0 unspecified atom stereocenters. The zero-order valence-corrected chi connectivity index (χ0v) is 16.4. The van der Waals surface area contributed by atoms with Crippen LogP contribution in [0, 0.1) is 6.92 Å². The lowest BCUT2D eigenvalue weighted by molar-refractivity contribution is 0.122. The molecule has 22 heavy (non-hydrogen) atoms. The van der Waals surface area contributed by atoms with Crippen LogP contribution in [0.1, 0.15) is 11.1 Å². The van der Waals surface area contributed by atoms with Crippen molar-refractivity contribution in [3.05, 3.63) is 29.3 Å². The summed E-state index contributed by atoms with van der Waals surface area (Å²) in [7, 11) is 4.04. The van der Waals surface area contributed by atoms with Crippen LogP contribution in [0.3, 0.4) is 0 Å². The van der Waals surface area contributed by atoms with Gasteiger partial charge in [0.25, 0.3) is 0 Å². The summed E-state index contributed by atoms with van der Waals surface area (Å²) in [4.78, 5) is 0. The molecule has 0 aliphatic carbocycles. The molecule has 0 saturated carbocycles. The predicted molar refractivity (Wildman–Crippen MR) is 88.1 cm³/mol. The van der Waals surface area contributed by atoms with Gasteiger partial charge in [0.05, 0.1) is 0 Å². The molecular weight excluding hydrogens is 320 g/mol. The van der Waals surface area contributed by atoms with Gasteiger partial charge in [-0.2, -0.15) is 0 Å². The Morgan fingerprint density at radius 2 is 1.27 bits per heavy atom. The second kappa shape index (κ2) is 8.32. The molecule has 0 saturated heterocycles. The minimum Gasteiger partial charge on any atom is -0.377 e. The van der Waals surface area contributed by atoms with E-state index in [4.69, 9.17) is 26.6 Å². The number of hydrogen-bond acceptors (Lipinski definition) is 6. The second-order valence-corrected chi connectivity index (χ2v) is 10.6. The molecule has 0 spiro atoms. The third kappa shape index (κ3) is 3.84. The molecule has 6 nitrogen and oxygen atoms in total. The third-order valence-corrected chi connectivity index (χ3v) is 9.31. The van der Waals surface area contributed by atoms with Crippen molar-refractivity contribution < 1.29 is 26.6 Å². The molecule has 0 aliphatic heterocycles. The van der Waals surface area contributed by atoms with Crippen molar-refractivity contribution in [1.29, 1.82) is 0 Å². The lowest BCUT2D eigenvalue weighted by Crippen LogP contribution is -2.56. The summed E-state index contributed by atoms with van der Waals surface area (Å²) in [5.41, 5.74) is 2.08. The van der Waals surface area contributed by atoms with Gasteiger partial charge < -0.3 is 26.6 Å². The predicted octanol–water partition coefficient (Wildman–Crippen LogP) is 1.04. The zero-order valence-electron chi connectivity index (χ0n) is 14.4. The molecule has 8 heteroatoms. The summed E-state index contributed by atoms with van der Waals surface area (Å²) < 4.78 is 33.2. The van der Waals surface area contributed by atoms with Crippen molar-refractivity contribution >= 4 is 22.8 Å². The van der Waals surface area contributed by atoms with E-state index in [1.54, 1.807) is 42.7 Å². The van der Waals surface area contributed by atoms with E-state index in [-0.39, 0.29) is 0 Å². The van der Waals surface area contributed by atoms with Crippen LogP contribution in [0.25, 0.3) is 0 Å². The molecule has 0 aromatic heterocycles. The van der Waals surface area contributed by atoms with Crippen molar-refractivity contribution in [2.45, 2.75) is 13.0 Å². The molecule has 0 bridgehead atoms. The van der Waals surface area contributed by atoms with E-state index >= 15 is 0 Å². The Labute approximate surface area is 135 Å². The monoisotopic (exact) mass is 346 g/mol. The lowest BCUT2D eigenvalue weighted by Gasteiger charge is -2.28. The smallest absolute Gasteiger partial charge is 0.377 e. The zero-order chi connectivity index (χ0) is 16.8. The van der Waals surface area contributed by atoms with Crippen LogP contribution in [-0.4, -0.2) is 60.3 Å². The van der Waals surface area contributed by atoms with E-state index in [0.717, 1.165) is 16.3 Å². The second-order valence-electron chi connectivity index (χ2n) is 4.79. The van der Waals surface area contributed by atoms with Crippen LogP contribution in [0.2, 0.25) is 0 Å². The average Bonchev–Trinajstić information content (AvgIpc) is 2.57. The first-order valence-electron chi connectivity index (χ1n) is 6.87. The van der Waals surface area contributed by atoms with Gasteiger partial charge in [-0.05, 0) is 18.1 Å². The molecule has 0 N–H and O–H groups in total. The maximum absolute atomic E-state index is 5.58. The van der Waals surface area contributed by atoms with Gasteiger partial charge in [-0.15, -0.1) is 0 Å². The van der Waals surface area contributed by atoms with Crippen LogP contribution >= 0.6 is 0 Å². The number of aryl methyl sites for hydroxylation is 1. The van der Waals surface area contributed by atoms with Crippen molar-refractivity contribution in [2.75, 3.05) is 42.7 Å². The summed E-state index contributed by atoms with van der Waals surface area (Å²) in [6.07, 6.45) is 0. The maximum atomic E-state index is 5.58. The molecule has 1 aromatic carbocycles. The SMILES string of the molecule is CO[Si](Cc1ccc(C)c([Si](OC)(OC)OC)c1)(OC)OC. The summed E-state index contributed by atoms with van der Waals surface area (Å²) in [5, 5.41) is 0.934. The van der Waals surface area contributed by atoms with Gasteiger partial charge in [0.2, 0.25) is 0 Å². The topological polar surface area (TPSA) is 55.4 Å². The van der Waals surface area contributed by atoms with Crippen molar-refractivity contribution in [3.8, 4) is 0 Å². The Morgan fingerprint density at radius 1 is 0.773 bits per heavy atom. The van der Waals surface area contributed by atoms with Crippen molar-refractivity contribution in [1.82, 2.24) is 0 Å². The largest absolute Gasteiger partial charge is 0.536 e. The number of benzene rings is 1. The van der Waals surface area contributed by atoms with Crippen LogP contribution < -0.4 is 5.19 Å². The van der Waals surface area contributed by atoms with Gasteiger partial charge in [0.15, 0.2) is 0 Å². The van der Waals surface area contributed by atoms with Crippen LogP contribution in [-0.2, 0) is 32.6 Å². The molecule has 1 aromatic rings. The highest BCUT2D eigenvalue weighted by Gasteiger charge is 2.43. The highest BCUT2D eigenvalue weighted by molar-refractivity contribution is 6.75. The van der Waals surface area contributed by atoms with Gasteiger partial charge in [0, 0.05) is 53.9 Å².